The Morgan fingerprint density at radius 3 is 2.84 bits per heavy atom. The van der Waals surface area contributed by atoms with Crippen LogP contribution in [-0.2, 0) is 11.3 Å². The summed E-state index contributed by atoms with van der Waals surface area (Å²) in [5, 5.41) is 14.4. The first kappa shape index (κ1) is 12.7. The van der Waals surface area contributed by atoms with Gasteiger partial charge in [-0.2, -0.15) is 5.10 Å². The predicted molar refractivity (Wildman–Crippen MR) is 65.8 cm³/mol. The molecule has 0 aliphatic carbocycles. The first-order valence-electron chi connectivity index (χ1n) is 5.45. The summed E-state index contributed by atoms with van der Waals surface area (Å²) in [5.74, 6) is -0.447. The number of aromatic nitrogens is 2. The number of ether oxygens (including phenoxy) is 1. The lowest BCUT2D eigenvalue weighted by molar-refractivity contribution is -0.385. The van der Waals surface area contributed by atoms with E-state index in [0.717, 1.165) is 0 Å². The van der Waals surface area contributed by atoms with Crippen molar-refractivity contribution < 1.29 is 14.5 Å². The smallest absolute Gasteiger partial charge is 0.338 e. The number of nitro groups is 1. The van der Waals surface area contributed by atoms with E-state index in [4.69, 9.17) is 0 Å². The minimum Gasteiger partial charge on any atom is -0.465 e. The van der Waals surface area contributed by atoms with Gasteiger partial charge in [-0.05, 0) is 11.6 Å². The van der Waals surface area contributed by atoms with E-state index in [0.29, 0.717) is 11.1 Å². The fraction of sp³-hybridized carbons (Fsp3) is 0.167. The SMILES string of the molecule is COC(=O)c1ccccc1Cn1cc([N+](=O)[O-])cn1. The summed E-state index contributed by atoms with van der Waals surface area (Å²) in [6.45, 7) is 0.263. The highest BCUT2D eigenvalue weighted by molar-refractivity contribution is 5.90. The minimum absolute atomic E-state index is 0.0875. The average Bonchev–Trinajstić information content (AvgIpc) is 2.87. The van der Waals surface area contributed by atoms with E-state index in [1.54, 1.807) is 24.3 Å². The molecule has 0 spiro atoms. The van der Waals surface area contributed by atoms with Gasteiger partial charge in [0.1, 0.15) is 12.4 Å². The zero-order valence-electron chi connectivity index (χ0n) is 10.1. The molecule has 7 nitrogen and oxygen atoms in total. The second-order valence-electron chi connectivity index (χ2n) is 3.80. The molecule has 0 aliphatic rings. The number of carbonyl (C=O) groups is 1. The van der Waals surface area contributed by atoms with Crippen LogP contribution in [-0.4, -0.2) is 27.8 Å². The Morgan fingerprint density at radius 1 is 1.47 bits per heavy atom. The molecule has 0 saturated heterocycles. The van der Waals surface area contributed by atoms with Crippen LogP contribution in [0.25, 0.3) is 0 Å². The van der Waals surface area contributed by atoms with Crippen LogP contribution in [0, 0.1) is 10.1 Å². The largest absolute Gasteiger partial charge is 0.465 e. The van der Waals surface area contributed by atoms with E-state index in [2.05, 4.69) is 9.84 Å². The van der Waals surface area contributed by atoms with Gasteiger partial charge in [-0.3, -0.25) is 14.8 Å². The fourth-order valence-electron chi connectivity index (χ4n) is 1.68. The Bertz CT molecular complexity index is 621. The molecule has 0 fully saturated rings. The number of benzene rings is 1. The van der Waals surface area contributed by atoms with Gasteiger partial charge in [-0.15, -0.1) is 0 Å². The monoisotopic (exact) mass is 261 g/mol. The molecule has 0 bridgehead atoms. The van der Waals surface area contributed by atoms with Gasteiger partial charge >= 0.3 is 11.7 Å². The highest BCUT2D eigenvalue weighted by atomic mass is 16.6. The van der Waals surface area contributed by atoms with Gasteiger partial charge in [0.05, 0.1) is 24.1 Å². The fourth-order valence-corrected chi connectivity index (χ4v) is 1.68. The predicted octanol–water partition coefficient (Wildman–Crippen LogP) is 1.63. The van der Waals surface area contributed by atoms with Crippen molar-refractivity contribution in [3.8, 4) is 0 Å². The van der Waals surface area contributed by atoms with Crippen LogP contribution in [0.4, 0.5) is 5.69 Å². The summed E-state index contributed by atoms with van der Waals surface area (Å²) >= 11 is 0. The van der Waals surface area contributed by atoms with Crippen molar-refractivity contribution in [2.75, 3.05) is 7.11 Å². The molecule has 98 valence electrons. The molecule has 0 aliphatic heterocycles. The van der Waals surface area contributed by atoms with Crippen LogP contribution in [0.15, 0.2) is 36.7 Å². The molecule has 0 radical (unpaired) electrons. The Hall–Kier alpha value is -2.70. The maximum absolute atomic E-state index is 11.6. The second-order valence-corrected chi connectivity index (χ2v) is 3.80. The van der Waals surface area contributed by atoms with Gasteiger partial charge in [0.15, 0.2) is 0 Å². The molecular formula is C12H11N3O4. The number of rotatable bonds is 4. The van der Waals surface area contributed by atoms with Gasteiger partial charge < -0.3 is 4.74 Å². The van der Waals surface area contributed by atoms with E-state index in [9.17, 15) is 14.9 Å². The second kappa shape index (κ2) is 5.30. The number of hydrogen-bond donors (Lipinski definition) is 0. The van der Waals surface area contributed by atoms with Crippen LogP contribution in [0.2, 0.25) is 0 Å². The van der Waals surface area contributed by atoms with Crippen LogP contribution in [0.1, 0.15) is 15.9 Å². The van der Waals surface area contributed by atoms with Crippen LogP contribution < -0.4 is 0 Å². The topological polar surface area (TPSA) is 87.3 Å². The Kier molecular flexibility index (Phi) is 3.56. The summed E-state index contributed by atoms with van der Waals surface area (Å²) in [7, 11) is 1.30. The lowest BCUT2D eigenvalue weighted by Crippen LogP contribution is -2.09. The highest BCUT2D eigenvalue weighted by Crippen LogP contribution is 2.14. The van der Waals surface area contributed by atoms with Crippen molar-refractivity contribution in [3.63, 3.8) is 0 Å². The normalized spacial score (nSPS) is 10.2. The number of carbonyl (C=O) groups excluding carboxylic acids is 1. The van der Waals surface area contributed by atoms with E-state index < -0.39 is 10.9 Å². The number of hydrogen-bond acceptors (Lipinski definition) is 5. The zero-order valence-corrected chi connectivity index (χ0v) is 10.1. The molecule has 0 atom stereocenters. The molecule has 2 rings (SSSR count). The van der Waals surface area contributed by atoms with Crippen LogP contribution in [0.5, 0.6) is 0 Å². The molecule has 19 heavy (non-hydrogen) atoms. The number of methoxy groups -OCH3 is 1. The summed E-state index contributed by atoms with van der Waals surface area (Å²) in [6, 6.07) is 6.89. The van der Waals surface area contributed by atoms with Gasteiger partial charge in [0.25, 0.3) is 0 Å². The molecule has 0 N–H and O–H groups in total. The Labute approximate surface area is 108 Å². The van der Waals surface area contributed by atoms with Crippen molar-refractivity contribution in [3.05, 3.63) is 57.9 Å². The lowest BCUT2D eigenvalue weighted by atomic mass is 10.1. The molecular weight excluding hydrogens is 250 g/mol. The minimum atomic E-state index is -0.518. The first-order valence-corrected chi connectivity index (χ1v) is 5.45. The van der Waals surface area contributed by atoms with E-state index >= 15 is 0 Å². The molecule has 0 unspecified atom stereocenters. The molecule has 7 heteroatoms. The molecule has 1 heterocycles. The molecule has 1 aromatic heterocycles. The quantitative estimate of drug-likeness (QED) is 0.474. The third kappa shape index (κ3) is 2.76. The Morgan fingerprint density at radius 2 is 2.21 bits per heavy atom. The average molecular weight is 261 g/mol. The standard InChI is InChI=1S/C12H11N3O4/c1-19-12(16)11-5-3-2-4-9(11)7-14-8-10(6-13-14)15(17)18/h2-6,8H,7H2,1H3. The molecule has 1 aromatic carbocycles. The summed E-state index contributed by atoms with van der Waals surface area (Å²) in [4.78, 5) is 21.6. The third-order valence-electron chi connectivity index (χ3n) is 2.59. The van der Waals surface area contributed by atoms with Crippen LogP contribution in [0.3, 0.4) is 0 Å². The maximum atomic E-state index is 11.6. The molecule has 2 aromatic rings. The maximum Gasteiger partial charge on any atom is 0.338 e. The summed E-state index contributed by atoms with van der Waals surface area (Å²) in [5.41, 5.74) is 1.02. The van der Waals surface area contributed by atoms with E-state index in [1.807, 2.05) is 0 Å². The van der Waals surface area contributed by atoms with Crippen LogP contribution >= 0.6 is 0 Å². The van der Waals surface area contributed by atoms with Crippen molar-refractivity contribution in [2.24, 2.45) is 0 Å². The summed E-state index contributed by atoms with van der Waals surface area (Å²) in [6.07, 6.45) is 2.48. The number of esters is 1. The highest BCUT2D eigenvalue weighted by Gasteiger charge is 2.13. The van der Waals surface area contributed by atoms with Crippen molar-refractivity contribution in [1.82, 2.24) is 9.78 Å². The van der Waals surface area contributed by atoms with Crippen molar-refractivity contribution >= 4 is 11.7 Å². The molecule has 0 amide bonds. The van der Waals surface area contributed by atoms with E-state index in [1.165, 1.54) is 24.2 Å². The van der Waals surface area contributed by atoms with Crippen molar-refractivity contribution in [2.45, 2.75) is 6.54 Å². The first-order chi connectivity index (χ1) is 9.11. The zero-order chi connectivity index (χ0) is 13.8. The van der Waals surface area contributed by atoms with Gasteiger partial charge in [-0.1, -0.05) is 18.2 Å². The van der Waals surface area contributed by atoms with Gasteiger partial charge in [0.2, 0.25) is 0 Å². The van der Waals surface area contributed by atoms with Crippen molar-refractivity contribution in [1.29, 1.82) is 0 Å². The lowest BCUT2D eigenvalue weighted by Gasteiger charge is -2.07. The summed E-state index contributed by atoms with van der Waals surface area (Å²) < 4.78 is 6.08. The number of nitrogens with zero attached hydrogens (tertiary/aromatic N) is 3. The third-order valence-corrected chi connectivity index (χ3v) is 2.59. The van der Waals surface area contributed by atoms with Gasteiger partial charge in [0, 0.05) is 0 Å². The van der Waals surface area contributed by atoms with Gasteiger partial charge in [-0.25, -0.2) is 4.79 Å². The molecule has 0 saturated carbocycles. The Balaban J connectivity index is 2.27. The van der Waals surface area contributed by atoms with E-state index in [-0.39, 0.29) is 12.2 Å².